The van der Waals surface area contributed by atoms with Crippen LogP contribution in [0.2, 0.25) is 5.02 Å². The molecule has 1 N–H and O–H groups in total. The number of piperazine rings is 1. The van der Waals surface area contributed by atoms with Gasteiger partial charge in [-0.1, -0.05) is 23.7 Å². The Balaban J connectivity index is 2.04. The molecular formula is C15H19ClN2O3. The van der Waals surface area contributed by atoms with Crippen LogP contribution in [0, 0.1) is 6.92 Å². The minimum Gasteiger partial charge on any atom is -0.384 e. The highest BCUT2D eigenvalue weighted by atomic mass is 35.5. The minimum atomic E-state index is -1.00. The third kappa shape index (κ3) is 3.36. The number of aryl methyl sites for hydroxylation is 1. The van der Waals surface area contributed by atoms with Gasteiger partial charge in [0.05, 0.1) is 10.6 Å². The van der Waals surface area contributed by atoms with Crippen LogP contribution in [0.15, 0.2) is 18.2 Å². The van der Waals surface area contributed by atoms with Gasteiger partial charge in [-0.2, -0.15) is 0 Å². The zero-order valence-corrected chi connectivity index (χ0v) is 12.9. The number of aliphatic hydroxyl groups excluding tert-OH is 1. The summed E-state index contributed by atoms with van der Waals surface area (Å²) >= 11 is 6.18. The highest BCUT2D eigenvalue weighted by Crippen LogP contribution is 2.22. The van der Waals surface area contributed by atoms with Crippen molar-refractivity contribution in [2.45, 2.75) is 20.0 Å². The van der Waals surface area contributed by atoms with E-state index >= 15 is 0 Å². The Bertz CT molecular complexity index is 552. The van der Waals surface area contributed by atoms with Crippen LogP contribution in [-0.2, 0) is 4.79 Å². The largest absolute Gasteiger partial charge is 0.384 e. The zero-order chi connectivity index (χ0) is 15.6. The fourth-order valence-corrected chi connectivity index (χ4v) is 2.58. The number of hydrogen-bond acceptors (Lipinski definition) is 3. The van der Waals surface area contributed by atoms with Gasteiger partial charge in [0.15, 0.2) is 0 Å². The first-order chi connectivity index (χ1) is 9.91. The van der Waals surface area contributed by atoms with Gasteiger partial charge in [0.25, 0.3) is 11.8 Å². The maximum absolute atomic E-state index is 12.5. The molecule has 21 heavy (non-hydrogen) atoms. The fraction of sp³-hybridized carbons (Fsp3) is 0.467. The molecule has 2 amide bonds. The molecule has 0 radical (unpaired) electrons. The highest BCUT2D eigenvalue weighted by molar-refractivity contribution is 6.34. The van der Waals surface area contributed by atoms with Crippen LogP contribution in [0.25, 0.3) is 0 Å². The summed E-state index contributed by atoms with van der Waals surface area (Å²) in [4.78, 5) is 27.4. The Morgan fingerprint density at radius 1 is 1.19 bits per heavy atom. The predicted octanol–water partition coefficient (Wildman–Crippen LogP) is 1.31. The van der Waals surface area contributed by atoms with Crippen LogP contribution in [0.3, 0.4) is 0 Å². The molecule has 5 nitrogen and oxygen atoms in total. The first-order valence-corrected chi connectivity index (χ1v) is 7.31. The van der Waals surface area contributed by atoms with Crippen molar-refractivity contribution in [3.63, 3.8) is 0 Å². The zero-order valence-electron chi connectivity index (χ0n) is 12.2. The molecule has 1 aromatic rings. The van der Waals surface area contributed by atoms with Crippen molar-refractivity contribution in [2.24, 2.45) is 0 Å². The Kier molecular flexibility index (Phi) is 4.85. The van der Waals surface area contributed by atoms with E-state index in [9.17, 15) is 14.7 Å². The third-order valence-electron chi connectivity index (χ3n) is 3.66. The van der Waals surface area contributed by atoms with Crippen molar-refractivity contribution >= 4 is 23.4 Å². The van der Waals surface area contributed by atoms with Gasteiger partial charge in [-0.05, 0) is 25.5 Å². The Labute approximate surface area is 129 Å². The van der Waals surface area contributed by atoms with E-state index in [2.05, 4.69) is 0 Å². The lowest BCUT2D eigenvalue weighted by molar-refractivity contribution is -0.140. The van der Waals surface area contributed by atoms with Crippen LogP contribution in [0.1, 0.15) is 22.8 Å². The highest BCUT2D eigenvalue weighted by Gasteiger charge is 2.27. The SMILES string of the molecule is Cc1cccc(C(=O)N2CCN(C(=O)C(C)O)CC2)c1Cl. The number of nitrogens with zero attached hydrogens (tertiary/aromatic N) is 2. The van der Waals surface area contributed by atoms with Crippen molar-refractivity contribution < 1.29 is 14.7 Å². The second kappa shape index (κ2) is 6.45. The van der Waals surface area contributed by atoms with Crippen molar-refractivity contribution in [3.8, 4) is 0 Å². The van der Waals surface area contributed by atoms with Gasteiger partial charge in [-0.15, -0.1) is 0 Å². The molecule has 1 saturated heterocycles. The molecule has 114 valence electrons. The molecule has 1 aromatic carbocycles. The van der Waals surface area contributed by atoms with Crippen molar-refractivity contribution in [1.29, 1.82) is 0 Å². The van der Waals surface area contributed by atoms with Crippen molar-refractivity contribution in [3.05, 3.63) is 34.3 Å². The quantitative estimate of drug-likeness (QED) is 0.896. The summed E-state index contributed by atoms with van der Waals surface area (Å²) < 4.78 is 0. The maximum atomic E-state index is 12.5. The molecule has 2 rings (SSSR count). The molecule has 0 spiro atoms. The van der Waals surface area contributed by atoms with E-state index in [1.165, 1.54) is 6.92 Å². The van der Waals surface area contributed by atoms with Crippen LogP contribution in [0.5, 0.6) is 0 Å². The monoisotopic (exact) mass is 310 g/mol. The summed E-state index contributed by atoms with van der Waals surface area (Å²) in [6, 6.07) is 5.38. The average molecular weight is 311 g/mol. The first-order valence-electron chi connectivity index (χ1n) is 6.93. The maximum Gasteiger partial charge on any atom is 0.255 e. The van der Waals surface area contributed by atoms with E-state index < -0.39 is 6.10 Å². The molecule has 1 atom stereocenters. The van der Waals surface area contributed by atoms with Crippen LogP contribution in [-0.4, -0.2) is 59.0 Å². The van der Waals surface area contributed by atoms with Crippen molar-refractivity contribution in [1.82, 2.24) is 9.80 Å². The van der Waals surface area contributed by atoms with Gasteiger partial charge in [0, 0.05) is 26.2 Å². The molecule has 0 saturated carbocycles. The lowest BCUT2D eigenvalue weighted by atomic mass is 10.1. The summed E-state index contributed by atoms with van der Waals surface area (Å²) in [5, 5.41) is 9.78. The Morgan fingerprint density at radius 3 is 2.33 bits per heavy atom. The number of benzene rings is 1. The molecule has 0 aromatic heterocycles. The second-order valence-electron chi connectivity index (χ2n) is 5.23. The van der Waals surface area contributed by atoms with Crippen LogP contribution in [0.4, 0.5) is 0 Å². The molecule has 1 unspecified atom stereocenters. The van der Waals surface area contributed by atoms with Gasteiger partial charge < -0.3 is 14.9 Å². The van der Waals surface area contributed by atoms with E-state index in [-0.39, 0.29) is 11.8 Å². The Hall–Kier alpha value is -1.59. The summed E-state index contributed by atoms with van der Waals surface area (Å²) in [5.41, 5.74) is 1.36. The number of aliphatic hydroxyl groups is 1. The molecule has 1 fully saturated rings. The number of carbonyl (C=O) groups excluding carboxylic acids is 2. The molecular weight excluding hydrogens is 292 g/mol. The third-order valence-corrected chi connectivity index (χ3v) is 4.16. The van der Waals surface area contributed by atoms with Gasteiger partial charge in [-0.25, -0.2) is 0 Å². The molecule has 0 aliphatic carbocycles. The van der Waals surface area contributed by atoms with E-state index in [0.29, 0.717) is 36.8 Å². The number of rotatable bonds is 2. The molecule has 1 aliphatic rings. The van der Waals surface area contributed by atoms with E-state index in [1.807, 2.05) is 19.1 Å². The fourth-order valence-electron chi connectivity index (χ4n) is 2.38. The first kappa shape index (κ1) is 15.8. The minimum absolute atomic E-state index is 0.118. The number of amides is 2. The van der Waals surface area contributed by atoms with Gasteiger partial charge in [0.1, 0.15) is 6.10 Å². The number of halogens is 1. The van der Waals surface area contributed by atoms with Gasteiger partial charge >= 0.3 is 0 Å². The van der Waals surface area contributed by atoms with Crippen LogP contribution < -0.4 is 0 Å². The van der Waals surface area contributed by atoms with E-state index in [1.54, 1.807) is 15.9 Å². The molecule has 6 heteroatoms. The Morgan fingerprint density at radius 2 is 1.76 bits per heavy atom. The average Bonchev–Trinajstić information content (AvgIpc) is 2.48. The summed E-state index contributed by atoms with van der Waals surface area (Å²) in [5.74, 6) is -0.413. The van der Waals surface area contributed by atoms with E-state index in [0.717, 1.165) is 5.56 Å². The normalized spacial score (nSPS) is 16.8. The lowest BCUT2D eigenvalue weighted by Crippen LogP contribution is -2.52. The van der Waals surface area contributed by atoms with E-state index in [4.69, 9.17) is 11.6 Å². The predicted molar refractivity (Wildman–Crippen MR) is 80.4 cm³/mol. The lowest BCUT2D eigenvalue weighted by Gasteiger charge is -2.35. The summed E-state index contributed by atoms with van der Waals surface area (Å²) in [6.07, 6.45) is -1.00. The molecule has 0 bridgehead atoms. The smallest absolute Gasteiger partial charge is 0.255 e. The summed E-state index contributed by atoms with van der Waals surface area (Å²) in [6.45, 7) is 5.06. The molecule has 1 heterocycles. The van der Waals surface area contributed by atoms with Crippen molar-refractivity contribution in [2.75, 3.05) is 26.2 Å². The number of hydrogen-bond donors (Lipinski definition) is 1. The van der Waals surface area contributed by atoms with Gasteiger partial charge in [-0.3, -0.25) is 9.59 Å². The van der Waals surface area contributed by atoms with Gasteiger partial charge in [0.2, 0.25) is 0 Å². The second-order valence-corrected chi connectivity index (χ2v) is 5.61. The topological polar surface area (TPSA) is 60.9 Å². The standard InChI is InChI=1S/C15H19ClN2O3/c1-10-4-3-5-12(13(10)16)15(21)18-8-6-17(7-9-18)14(20)11(2)19/h3-5,11,19H,6-9H2,1-2H3. The molecule has 1 aliphatic heterocycles. The van der Waals surface area contributed by atoms with Crippen LogP contribution >= 0.6 is 11.6 Å². The summed E-state index contributed by atoms with van der Waals surface area (Å²) in [7, 11) is 0. The number of carbonyl (C=O) groups is 2.